The van der Waals surface area contributed by atoms with Gasteiger partial charge >= 0.3 is 0 Å². The van der Waals surface area contributed by atoms with Crippen molar-refractivity contribution in [3.05, 3.63) is 35.9 Å². The van der Waals surface area contributed by atoms with Crippen LogP contribution in [-0.4, -0.2) is 25.3 Å². The van der Waals surface area contributed by atoms with Crippen LogP contribution in [0.2, 0.25) is 0 Å². The lowest BCUT2D eigenvalue weighted by Crippen LogP contribution is -2.39. The third-order valence-corrected chi connectivity index (χ3v) is 3.31. The number of nitrogens with one attached hydrogen (secondary N) is 1. The highest BCUT2D eigenvalue weighted by molar-refractivity contribution is 5.14. The van der Waals surface area contributed by atoms with Gasteiger partial charge in [0.15, 0.2) is 0 Å². The number of rotatable bonds is 9. The van der Waals surface area contributed by atoms with Crippen LogP contribution in [0.5, 0.6) is 0 Å². The van der Waals surface area contributed by atoms with Gasteiger partial charge in [-0.15, -0.1) is 0 Å². The van der Waals surface area contributed by atoms with Crippen molar-refractivity contribution >= 4 is 0 Å². The molecular weight excluding hydrogens is 222 g/mol. The summed E-state index contributed by atoms with van der Waals surface area (Å²) in [4.78, 5) is 0. The van der Waals surface area contributed by atoms with Crippen LogP contribution in [0.25, 0.3) is 0 Å². The molecule has 0 amide bonds. The number of likely N-dealkylation sites (N-methyl/N-ethyl adjacent to an activating group) is 1. The van der Waals surface area contributed by atoms with Gasteiger partial charge in [0.1, 0.15) is 0 Å². The molecule has 2 heteroatoms. The largest absolute Gasteiger partial charge is 0.377 e. The predicted molar refractivity (Wildman–Crippen MR) is 77.9 cm³/mol. The van der Waals surface area contributed by atoms with Crippen LogP contribution < -0.4 is 5.32 Å². The summed E-state index contributed by atoms with van der Waals surface area (Å²) in [7, 11) is 0. The third-order valence-electron chi connectivity index (χ3n) is 3.31. The van der Waals surface area contributed by atoms with Crippen LogP contribution >= 0.6 is 0 Å². The minimum absolute atomic E-state index is 0.297. The molecule has 0 heterocycles. The lowest BCUT2D eigenvalue weighted by atomic mass is 10.1. The Labute approximate surface area is 112 Å². The fourth-order valence-corrected chi connectivity index (χ4v) is 2.21. The van der Waals surface area contributed by atoms with Crippen molar-refractivity contribution in [2.45, 2.75) is 52.2 Å². The van der Waals surface area contributed by atoms with Crippen LogP contribution in [0, 0.1) is 0 Å². The van der Waals surface area contributed by atoms with Gasteiger partial charge in [0, 0.05) is 12.6 Å². The molecule has 0 bridgehead atoms. The molecule has 2 unspecified atom stereocenters. The quantitative estimate of drug-likeness (QED) is 0.677. The summed E-state index contributed by atoms with van der Waals surface area (Å²) in [5.74, 6) is 0. The van der Waals surface area contributed by atoms with Crippen LogP contribution in [0.3, 0.4) is 0 Å². The standard InChI is InChI=1S/C16H27NO/c1-4-16(17-5-2)14(3)18-13-9-12-15-10-7-6-8-11-15/h6-8,10-11,14,16-17H,4-5,9,12-13H2,1-3H3. The molecule has 0 aliphatic heterocycles. The molecule has 0 aliphatic carbocycles. The van der Waals surface area contributed by atoms with E-state index < -0.39 is 0 Å². The molecule has 18 heavy (non-hydrogen) atoms. The Morgan fingerprint density at radius 2 is 1.89 bits per heavy atom. The third kappa shape index (κ3) is 5.65. The van der Waals surface area contributed by atoms with Gasteiger partial charge in [-0.25, -0.2) is 0 Å². The maximum Gasteiger partial charge on any atom is 0.0699 e. The highest BCUT2D eigenvalue weighted by atomic mass is 16.5. The first kappa shape index (κ1) is 15.2. The van der Waals surface area contributed by atoms with E-state index in [2.05, 4.69) is 56.4 Å². The summed E-state index contributed by atoms with van der Waals surface area (Å²) < 4.78 is 5.91. The molecular formula is C16H27NO. The molecule has 0 spiro atoms. The fourth-order valence-electron chi connectivity index (χ4n) is 2.21. The maximum atomic E-state index is 5.91. The number of hydrogen-bond acceptors (Lipinski definition) is 2. The average Bonchev–Trinajstić information content (AvgIpc) is 2.42. The molecule has 0 saturated carbocycles. The normalized spacial score (nSPS) is 14.4. The van der Waals surface area contributed by atoms with Gasteiger partial charge in [0.25, 0.3) is 0 Å². The van der Waals surface area contributed by atoms with Crippen molar-refractivity contribution in [2.75, 3.05) is 13.2 Å². The molecule has 0 saturated heterocycles. The van der Waals surface area contributed by atoms with Crippen LogP contribution in [0.4, 0.5) is 0 Å². The molecule has 2 nitrogen and oxygen atoms in total. The maximum absolute atomic E-state index is 5.91. The van der Waals surface area contributed by atoms with Crippen molar-refractivity contribution in [1.82, 2.24) is 5.32 Å². The number of aryl methyl sites for hydroxylation is 1. The summed E-state index contributed by atoms with van der Waals surface area (Å²) in [5, 5.41) is 3.47. The Balaban J connectivity index is 2.17. The summed E-state index contributed by atoms with van der Waals surface area (Å²) in [6, 6.07) is 11.1. The molecule has 0 radical (unpaired) electrons. The second-order valence-corrected chi connectivity index (χ2v) is 4.74. The molecule has 0 aromatic heterocycles. The summed E-state index contributed by atoms with van der Waals surface area (Å²) in [6.07, 6.45) is 3.61. The van der Waals surface area contributed by atoms with E-state index in [1.807, 2.05) is 0 Å². The monoisotopic (exact) mass is 249 g/mol. The van der Waals surface area contributed by atoms with E-state index in [4.69, 9.17) is 4.74 Å². The van der Waals surface area contributed by atoms with E-state index in [1.54, 1.807) is 0 Å². The minimum atomic E-state index is 0.297. The van der Waals surface area contributed by atoms with Crippen molar-refractivity contribution in [3.8, 4) is 0 Å². The van der Waals surface area contributed by atoms with E-state index in [0.717, 1.165) is 32.4 Å². The predicted octanol–water partition coefficient (Wildman–Crippen LogP) is 3.41. The molecule has 0 aliphatic rings. The Morgan fingerprint density at radius 3 is 2.50 bits per heavy atom. The number of ether oxygens (including phenoxy) is 1. The summed E-state index contributed by atoms with van der Waals surface area (Å²) in [6.45, 7) is 8.37. The summed E-state index contributed by atoms with van der Waals surface area (Å²) in [5.41, 5.74) is 1.40. The zero-order chi connectivity index (χ0) is 13.2. The highest BCUT2D eigenvalue weighted by Gasteiger charge is 2.13. The van der Waals surface area contributed by atoms with Crippen molar-refractivity contribution in [3.63, 3.8) is 0 Å². The zero-order valence-corrected chi connectivity index (χ0v) is 12.0. The van der Waals surface area contributed by atoms with E-state index in [0.29, 0.717) is 12.1 Å². The van der Waals surface area contributed by atoms with Gasteiger partial charge in [0.05, 0.1) is 6.10 Å². The van der Waals surface area contributed by atoms with Crippen LogP contribution in [-0.2, 0) is 11.2 Å². The van der Waals surface area contributed by atoms with E-state index >= 15 is 0 Å². The molecule has 1 aromatic rings. The summed E-state index contributed by atoms with van der Waals surface area (Å²) >= 11 is 0. The van der Waals surface area contributed by atoms with Gasteiger partial charge in [-0.2, -0.15) is 0 Å². The Bertz CT molecular complexity index is 299. The number of benzene rings is 1. The second-order valence-electron chi connectivity index (χ2n) is 4.74. The molecule has 1 aromatic carbocycles. The van der Waals surface area contributed by atoms with E-state index in [1.165, 1.54) is 5.56 Å². The molecule has 2 atom stereocenters. The SMILES string of the molecule is CCNC(CC)C(C)OCCCc1ccccc1. The first-order valence-corrected chi connectivity index (χ1v) is 7.16. The topological polar surface area (TPSA) is 21.3 Å². The van der Waals surface area contributed by atoms with E-state index in [9.17, 15) is 0 Å². The van der Waals surface area contributed by atoms with Gasteiger partial charge in [-0.1, -0.05) is 44.2 Å². The first-order valence-electron chi connectivity index (χ1n) is 7.16. The fraction of sp³-hybridized carbons (Fsp3) is 0.625. The number of hydrogen-bond donors (Lipinski definition) is 1. The first-order chi connectivity index (χ1) is 8.77. The Morgan fingerprint density at radius 1 is 1.17 bits per heavy atom. The molecule has 0 fully saturated rings. The Kier molecular flexibility index (Phi) is 7.70. The van der Waals surface area contributed by atoms with Gasteiger partial charge < -0.3 is 10.1 Å². The molecule has 102 valence electrons. The van der Waals surface area contributed by atoms with Crippen LogP contribution in [0.1, 0.15) is 39.2 Å². The van der Waals surface area contributed by atoms with Crippen molar-refractivity contribution in [1.29, 1.82) is 0 Å². The van der Waals surface area contributed by atoms with Gasteiger partial charge in [-0.05, 0) is 38.3 Å². The molecule has 1 N–H and O–H groups in total. The van der Waals surface area contributed by atoms with Gasteiger partial charge in [-0.3, -0.25) is 0 Å². The minimum Gasteiger partial charge on any atom is -0.377 e. The highest BCUT2D eigenvalue weighted by Crippen LogP contribution is 2.06. The second kappa shape index (κ2) is 9.12. The lowest BCUT2D eigenvalue weighted by Gasteiger charge is -2.23. The van der Waals surface area contributed by atoms with Crippen molar-refractivity contribution < 1.29 is 4.74 Å². The van der Waals surface area contributed by atoms with Crippen LogP contribution in [0.15, 0.2) is 30.3 Å². The van der Waals surface area contributed by atoms with Gasteiger partial charge in [0.2, 0.25) is 0 Å². The zero-order valence-electron chi connectivity index (χ0n) is 12.0. The van der Waals surface area contributed by atoms with E-state index in [-0.39, 0.29) is 0 Å². The smallest absolute Gasteiger partial charge is 0.0699 e. The Hall–Kier alpha value is -0.860. The lowest BCUT2D eigenvalue weighted by molar-refractivity contribution is 0.0370. The molecule has 1 rings (SSSR count). The van der Waals surface area contributed by atoms with Crippen molar-refractivity contribution in [2.24, 2.45) is 0 Å². The average molecular weight is 249 g/mol.